The first-order chi connectivity index (χ1) is 25.3. The maximum absolute atomic E-state index is 5.30. The molecule has 0 atom stereocenters. The first kappa shape index (κ1) is 28.3. The maximum Gasteiger partial charge on any atom is 0.0933 e. The van der Waals surface area contributed by atoms with Gasteiger partial charge in [0.1, 0.15) is 0 Å². The smallest absolute Gasteiger partial charge is 0.0933 e. The minimum Gasteiger partial charge on any atom is -0.309 e. The molecular formula is C46H30N4Si. The van der Waals surface area contributed by atoms with Gasteiger partial charge in [0, 0.05) is 44.7 Å². The quantitative estimate of drug-likeness (QED) is 0.176. The zero-order chi connectivity index (χ0) is 33.5. The largest absolute Gasteiger partial charge is 0.309 e. The fraction of sp³-hybridized carbons (Fsp3) is 0. The predicted molar refractivity (Wildman–Crippen MR) is 215 cm³/mol. The molecule has 4 aromatic heterocycles. The Kier molecular flexibility index (Phi) is 6.09. The summed E-state index contributed by atoms with van der Waals surface area (Å²) in [5, 5.41) is 7.73. The molecule has 0 saturated carbocycles. The van der Waals surface area contributed by atoms with E-state index in [9.17, 15) is 0 Å². The number of aromatic nitrogens is 4. The summed E-state index contributed by atoms with van der Waals surface area (Å²) in [6.07, 6.45) is 2.04. The van der Waals surface area contributed by atoms with Crippen molar-refractivity contribution in [2.45, 2.75) is 0 Å². The number of hydrogen-bond donors (Lipinski definition) is 0. The zero-order valence-electron chi connectivity index (χ0n) is 27.7. The molecule has 0 radical (unpaired) electrons. The molecule has 11 rings (SSSR count). The molecule has 0 aliphatic carbocycles. The van der Waals surface area contributed by atoms with Crippen LogP contribution in [-0.4, -0.2) is 28.6 Å². The van der Waals surface area contributed by atoms with Gasteiger partial charge in [0.25, 0.3) is 0 Å². The molecular weight excluding hydrogens is 637 g/mol. The standard InChI is InChI=1S/C46H30N4Si/c1-3-11-32(12-4-1)49-40-18-10-8-16-35(40)37-25-29(20-23-41(37)49)31-27-44-45(47-28-31)46-43(51-44)24-22-38(48-46)30-19-21-36-34-15-7-9-17-39(34)50(42(36)26-30)33-13-5-2-6-14-33/h1-28H,51H2. The first-order valence-corrected chi connectivity index (χ1v) is 18.9. The Labute approximate surface area is 296 Å². The van der Waals surface area contributed by atoms with Crippen LogP contribution >= 0.6 is 0 Å². The molecule has 4 nitrogen and oxygen atoms in total. The predicted octanol–water partition coefficient (Wildman–Crippen LogP) is 9.10. The number of pyridine rings is 2. The average Bonchev–Trinajstić information content (AvgIpc) is 3.85. The van der Waals surface area contributed by atoms with Crippen molar-refractivity contribution in [1.29, 1.82) is 0 Å². The van der Waals surface area contributed by atoms with E-state index >= 15 is 0 Å². The van der Waals surface area contributed by atoms with E-state index in [0.717, 1.165) is 33.9 Å². The fourth-order valence-electron chi connectivity index (χ4n) is 8.21. The molecule has 0 bridgehead atoms. The fourth-order valence-corrected chi connectivity index (χ4v) is 10.0. The summed E-state index contributed by atoms with van der Waals surface area (Å²) in [5.74, 6) is 0. The SMILES string of the molecule is c1ccc(-n2c3ccccc3c3cc(-c4cnc5c(c4)[SiH2]c4ccc(-c6ccc7c8ccccc8n(-c8ccccc8)c7c6)nc4-5)ccc32)cc1. The summed E-state index contributed by atoms with van der Waals surface area (Å²) in [6, 6.07) is 59.1. The summed E-state index contributed by atoms with van der Waals surface area (Å²) in [4.78, 5) is 10.4. The Morgan fingerprint density at radius 2 is 1.00 bits per heavy atom. The van der Waals surface area contributed by atoms with Crippen LogP contribution in [0, 0.1) is 0 Å². The highest BCUT2D eigenvalue weighted by Crippen LogP contribution is 2.37. The summed E-state index contributed by atoms with van der Waals surface area (Å²) < 4.78 is 4.73. The number of nitrogens with zero attached hydrogens (tertiary/aromatic N) is 4. The monoisotopic (exact) mass is 666 g/mol. The van der Waals surface area contributed by atoms with Crippen molar-refractivity contribution in [1.82, 2.24) is 19.1 Å². The van der Waals surface area contributed by atoms with Crippen LogP contribution in [0.2, 0.25) is 0 Å². The summed E-state index contributed by atoms with van der Waals surface area (Å²) in [6.45, 7) is 0. The highest BCUT2D eigenvalue weighted by atomic mass is 28.2. The number of hydrogen-bond acceptors (Lipinski definition) is 2. The van der Waals surface area contributed by atoms with Crippen molar-refractivity contribution >= 4 is 63.5 Å². The first-order valence-electron chi connectivity index (χ1n) is 17.5. The normalized spacial score (nSPS) is 12.7. The third-order valence-electron chi connectivity index (χ3n) is 10.6. The van der Waals surface area contributed by atoms with E-state index in [1.165, 1.54) is 65.2 Å². The van der Waals surface area contributed by atoms with E-state index in [-0.39, 0.29) is 0 Å². The van der Waals surface area contributed by atoms with E-state index in [0.29, 0.717) is 0 Å². The second-order valence-corrected chi connectivity index (χ2v) is 15.3. The van der Waals surface area contributed by atoms with Gasteiger partial charge in [0.05, 0.1) is 48.7 Å². The van der Waals surface area contributed by atoms with Gasteiger partial charge in [-0.1, -0.05) is 103 Å². The van der Waals surface area contributed by atoms with Crippen molar-refractivity contribution in [3.05, 3.63) is 170 Å². The maximum atomic E-state index is 5.30. The Morgan fingerprint density at radius 3 is 1.75 bits per heavy atom. The van der Waals surface area contributed by atoms with Crippen molar-refractivity contribution in [2.75, 3.05) is 0 Å². The Hall–Kier alpha value is -6.56. The van der Waals surface area contributed by atoms with Crippen molar-refractivity contribution in [2.24, 2.45) is 0 Å². The van der Waals surface area contributed by atoms with Gasteiger partial charge in [-0.2, -0.15) is 0 Å². The number of benzene rings is 6. The second kappa shape index (κ2) is 11.0. The molecule has 238 valence electrons. The van der Waals surface area contributed by atoms with Crippen molar-refractivity contribution in [3.63, 3.8) is 0 Å². The molecule has 1 aliphatic rings. The molecule has 0 amide bonds. The van der Waals surface area contributed by atoms with E-state index in [2.05, 4.69) is 173 Å². The molecule has 6 aromatic carbocycles. The number of para-hydroxylation sites is 4. The van der Waals surface area contributed by atoms with E-state index < -0.39 is 9.52 Å². The van der Waals surface area contributed by atoms with Gasteiger partial charge in [0.15, 0.2) is 0 Å². The van der Waals surface area contributed by atoms with Crippen LogP contribution in [0.5, 0.6) is 0 Å². The summed E-state index contributed by atoms with van der Waals surface area (Å²) >= 11 is 0. The van der Waals surface area contributed by atoms with Gasteiger partial charge >= 0.3 is 0 Å². The van der Waals surface area contributed by atoms with E-state index in [4.69, 9.17) is 9.97 Å². The number of rotatable bonds is 4. The van der Waals surface area contributed by atoms with Gasteiger partial charge < -0.3 is 9.13 Å². The highest BCUT2D eigenvalue weighted by molar-refractivity contribution is 6.73. The molecule has 0 spiro atoms. The third kappa shape index (κ3) is 4.32. The lowest BCUT2D eigenvalue weighted by molar-refractivity contribution is 1.18. The molecule has 5 heteroatoms. The van der Waals surface area contributed by atoms with Crippen LogP contribution < -0.4 is 10.4 Å². The lowest BCUT2D eigenvalue weighted by atomic mass is 10.0. The molecule has 51 heavy (non-hydrogen) atoms. The zero-order valence-corrected chi connectivity index (χ0v) is 29.1. The van der Waals surface area contributed by atoms with Crippen LogP contribution in [0.3, 0.4) is 0 Å². The minimum atomic E-state index is -0.713. The van der Waals surface area contributed by atoms with Gasteiger partial charge in [-0.05, 0) is 82.2 Å². The van der Waals surface area contributed by atoms with Gasteiger partial charge in [-0.3, -0.25) is 4.98 Å². The molecule has 1 aliphatic heterocycles. The molecule has 10 aromatic rings. The van der Waals surface area contributed by atoms with E-state index in [1.807, 2.05) is 6.20 Å². The third-order valence-corrected chi connectivity index (χ3v) is 12.4. The van der Waals surface area contributed by atoms with Crippen LogP contribution in [0.1, 0.15) is 0 Å². The topological polar surface area (TPSA) is 35.6 Å². The lowest BCUT2D eigenvalue weighted by Crippen LogP contribution is -2.21. The van der Waals surface area contributed by atoms with Crippen LogP contribution in [0.25, 0.3) is 88.8 Å². The Balaban J connectivity index is 0.988. The van der Waals surface area contributed by atoms with Gasteiger partial charge in [0.2, 0.25) is 0 Å². The average molecular weight is 667 g/mol. The van der Waals surface area contributed by atoms with Gasteiger partial charge in [-0.15, -0.1) is 0 Å². The Bertz CT molecular complexity index is 2990. The molecule has 5 heterocycles. The van der Waals surface area contributed by atoms with Crippen LogP contribution in [0.4, 0.5) is 0 Å². The van der Waals surface area contributed by atoms with Crippen LogP contribution in [0.15, 0.2) is 170 Å². The number of fused-ring (bicyclic) bond motifs is 9. The van der Waals surface area contributed by atoms with Crippen molar-refractivity contribution < 1.29 is 0 Å². The molecule has 0 N–H and O–H groups in total. The Morgan fingerprint density at radius 1 is 0.392 bits per heavy atom. The lowest BCUT2D eigenvalue weighted by Gasteiger charge is -2.10. The van der Waals surface area contributed by atoms with Crippen LogP contribution in [-0.2, 0) is 0 Å². The van der Waals surface area contributed by atoms with Crippen molar-refractivity contribution in [3.8, 4) is 45.1 Å². The molecule has 0 saturated heterocycles. The highest BCUT2D eigenvalue weighted by Gasteiger charge is 2.24. The minimum absolute atomic E-state index is 0.713. The second-order valence-electron chi connectivity index (χ2n) is 13.5. The molecule has 0 unspecified atom stereocenters. The summed E-state index contributed by atoms with van der Waals surface area (Å²) in [7, 11) is -0.713. The van der Waals surface area contributed by atoms with Gasteiger partial charge in [-0.25, -0.2) is 4.98 Å². The molecule has 0 fully saturated rings. The summed E-state index contributed by atoms with van der Waals surface area (Å²) in [5.41, 5.74) is 13.7. The van der Waals surface area contributed by atoms with E-state index in [1.54, 1.807) is 0 Å².